The average Bonchev–Trinajstić information content (AvgIpc) is 2.93. The lowest BCUT2D eigenvalue weighted by Crippen LogP contribution is -2.42. The summed E-state index contributed by atoms with van der Waals surface area (Å²) in [4.78, 5) is 41.2. The number of hydrogen-bond acceptors (Lipinski definition) is 5. The molecule has 0 bridgehead atoms. The van der Waals surface area contributed by atoms with Gasteiger partial charge in [0.1, 0.15) is 11.8 Å². The van der Waals surface area contributed by atoms with Crippen molar-refractivity contribution >= 4 is 17.8 Å². The van der Waals surface area contributed by atoms with E-state index < -0.39 is 23.9 Å². The number of ether oxygens (including phenoxy) is 1. The smallest absolute Gasteiger partial charge is 0.343 e. The Morgan fingerprint density at radius 2 is 1.49 bits per heavy atom. The fourth-order valence-electron chi connectivity index (χ4n) is 3.99. The van der Waals surface area contributed by atoms with Gasteiger partial charge in [0.25, 0.3) is 5.91 Å². The highest BCUT2D eigenvalue weighted by Gasteiger charge is 2.22. The number of carboxylic acids is 1. The van der Waals surface area contributed by atoms with Gasteiger partial charge in [0, 0.05) is 24.4 Å². The van der Waals surface area contributed by atoms with Crippen LogP contribution in [0.4, 0.5) is 0 Å². The predicted molar refractivity (Wildman–Crippen MR) is 149 cm³/mol. The molecule has 1 amide bonds. The molecule has 1 unspecified atom stereocenters. The van der Waals surface area contributed by atoms with E-state index in [1.54, 1.807) is 60.9 Å². The van der Waals surface area contributed by atoms with E-state index in [1.807, 2.05) is 36.4 Å². The van der Waals surface area contributed by atoms with Crippen molar-refractivity contribution in [3.63, 3.8) is 0 Å². The molecule has 0 aliphatic rings. The van der Waals surface area contributed by atoms with E-state index in [9.17, 15) is 19.5 Å². The molecule has 0 fully saturated rings. The highest BCUT2D eigenvalue weighted by Crippen LogP contribution is 2.23. The van der Waals surface area contributed by atoms with E-state index >= 15 is 0 Å². The molecule has 0 spiro atoms. The zero-order valence-corrected chi connectivity index (χ0v) is 22.0. The summed E-state index contributed by atoms with van der Waals surface area (Å²) >= 11 is 0. The average molecular weight is 523 g/mol. The largest absolute Gasteiger partial charge is 0.480 e. The second-order valence-electron chi connectivity index (χ2n) is 10.2. The van der Waals surface area contributed by atoms with Gasteiger partial charge in [-0.3, -0.25) is 9.78 Å². The summed E-state index contributed by atoms with van der Waals surface area (Å²) in [5.74, 6) is -1.77. The topological polar surface area (TPSA) is 106 Å². The number of aliphatic carboxylic acids is 1. The van der Waals surface area contributed by atoms with Gasteiger partial charge in [-0.05, 0) is 70.1 Å². The molecule has 1 aromatic heterocycles. The van der Waals surface area contributed by atoms with Gasteiger partial charge in [-0.2, -0.15) is 0 Å². The molecule has 0 radical (unpaired) electrons. The number of pyridine rings is 1. The molecule has 4 aromatic rings. The zero-order valence-electron chi connectivity index (χ0n) is 22.0. The number of esters is 1. The van der Waals surface area contributed by atoms with Crippen LogP contribution >= 0.6 is 0 Å². The van der Waals surface area contributed by atoms with Gasteiger partial charge in [0.05, 0.1) is 5.56 Å². The van der Waals surface area contributed by atoms with E-state index in [0.717, 1.165) is 16.7 Å². The third-order valence-electron chi connectivity index (χ3n) is 6.31. The first-order chi connectivity index (χ1) is 18.6. The summed E-state index contributed by atoms with van der Waals surface area (Å²) < 4.78 is 5.47. The Kier molecular flexibility index (Phi) is 8.20. The van der Waals surface area contributed by atoms with Crippen LogP contribution in [0.2, 0.25) is 0 Å². The number of rotatable bonds is 8. The lowest BCUT2D eigenvalue weighted by atomic mass is 9.86. The Morgan fingerprint density at radius 1 is 0.846 bits per heavy atom. The van der Waals surface area contributed by atoms with Crippen molar-refractivity contribution in [1.29, 1.82) is 0 Å². The quantitative estimate of drug-likeness (QED) is 0.227. The molecule has 7 nitrogen and oxygen atoms in total. The fraction of sp³-hybridized carbons (Fsp3) is 0.188. The molecular formula is C32H30N2O5. The summed E-state index contributed by atoms with van der Waals surface area (Å²) in [7, 11) is 0. The highest BCUT2D eigenvalue weighted by atomic mass is 16.5. The van der Waals surface area contributed by atoms with Crippen LogP contribution in [-0.2, 0) is 16.6 Å². The number of carbonyl (C=O) groups excluding carboxylic acids is 2. The Labute approximate surface area is 227 Å². The van der Waals surface area contributed by atoms with E-state index in [2.05, 4.69) is 31.1 Å². The molecule has 0 saturated carbocycles. The monoisotopic (exact) mass is 522 g/mol. The first kappa shape index (κ1) is 27.3. The molecule has 0 saturated heterocycles. The van der Waals surface area contributed by atoms with Crippen molar-refractivity contribution in [3.05, 3.63) is 120 Å². The van der Waals surface area contributed by atoms with E-state index in [0.29, 0.717) is 22.4 Å². The summed E-state index contributed by atoms with van der Waals surface area (Å²) in [6.45, 7) is 6.24. The summed E-state index contributed by atoms with van der Waals surface area (Å²) in [5.41, 5.74) is 4.38. The van der Waals surface area contributed by atoms with Crippen LogP contribution in [0.1, 0.15) is 52.6 Å². The van der Waals surface area contributed by atoms with Gasteiger partial charge in [-0.15, -0.1) is 0 Å². The summed E-state index contributed by atoms with van der Waals surface area (Å²) in [6, 6.07) is 23.4. The van der Waals surface area contributed by atoms with Crippen molar-refractivity contribution in [2.24, 2.45) is 0 Å². The minimum atomic E-state index is -1.14. The number of benzene rings is 3. The number of carbonyl (C=O) groups is 3. The number of hydrogen-bond donors (Lipinski definition) is 2. The van der Waals surface area contributed by atoms with Crippen LogP contribution in [0, 0.1) is 0 Å². The van der Waals surface area contributed by atoms with Crippen molar-refractivity contribution < 1.29 is 24.2 Å². The Hall–Kier alpha value is -4.78. The van der Waals surface area contributed by atoms with Gasteiger partial charge in [-0.25, -0.2) is 9.59 Å². The molecule has 2 N–H and O–H groups in total. The van der Waals surface area contributed by atoms with Crippen LogP contribution in [0.5, 0.6) is 5.75 Å². The molecular weight excluding hydrogens is 492 g/mol. The van der Waals surface area contributed by atoms with Gasteiger partial charge >= 0.3 is 11.9 Å². The Bertz CT molecular complexity index is 1440. The second kappa shape index (κ2) is 11.7. The molecule has 0 aliphatic carbocycles. The SMILES string of the molecule is CC(C)(C)c1ccc(C(=O)NC(Cc2ccc(OC(=O)c3ccc(-c4cccnc4)cc3)cc2)C(=O)O)cc1. The highest BCUT2D eigenvalue weighted by molar-refractivity contribution is 5.96. The fourth-order valence-corrected chi connectivity index (χ4v) is 3.99. The molecule has 1 atom stereocenters. The maximum atomic E-state index is 12.7. The molecule has 39 heavy (non-hydrogen) atoms. The predicted octanol–water partition coefficient (Wildman–Crippen LogP) is 5.69. The van der Waals surface area contributed by atoms with Crippen LogP contribution in [-0.4, -0.2) is 34.0 Å². The number of nitrogens with zero attached hydrogens (tertiary/aromatic N) is 1. The van der Waals surface area contributed by atoms with E-state index in [4.69, 9.17) is 4.74 Å². The third-order valence-corrected chi connectivity index (χ3v) is 6.31. The van der Waals surface area contributed by atoms with Crippen molar-refractivity contribution in [2.45, 2.75) is 38.6 Å². The molecule has 3 aromatic carbocycles. The van der Waals surface area contributed by atoms with Gasteiger partial charge in [0.2, 0.25) is 0 Å². The number of amides is 1. The Morgan fingerprint density at radius 3 is 2.05 bits per heavy atom. The lowest BCUT2D eigenvalue weighted by molar-refractivity contribution is -0.139. The summed E-state index contributed by atoms with van der Waals surface area (Å²) in [5, 5.41) is 12.3. The third kappa shape index (κ3) is 7.17. The standard InChI is InChI=1S/C32H30N2O5/c1-32(2,3)26-14-12-23(13-15-26)29(35)34-28(30(36)37)19-21-6-16-27(17-7-21)39-31(38)24-10-8-22(9-11-24)25-5-4-18-33-20-25/h4-18,20,28H,19H2,1-3H3,(H,34,35)(H,36,37). The van der Waals surface area contributed by atoms with E-state index in [-0.39, 0.29) is 11.8 Å². The Balaban J connectivity index is 1.36. The maximum Gasteiger partial charge on any atom is 0.343 e. The number of aromatic nitrogens is 1. The zero-order chi connectivity index (χ0) is 28.0. The minimum Gasteiger partial charge on any atom is -0.480 e. The van der Waals surface area contributed by atoms with E-state index in [1.165, 1.54) is 0 Å². The van der Waals surface area contributed by atoms with Crippen molar-refractivity contribution in [3.8, 4) is 16.9 Å². The van der Waals surface area contributed by atoms with Crippen LogP contribution in [0.3, 0.4) is 0 Å². The van der Waals surface area contributed by atoms with Crippen molar-refractivity contribution in [1.82, 2.24) is 10.3 Å². The lowest BCUT2D eigenvalue weighted by Gasteiger charge is -2.19. The van der Waals surface area contributed by atoms with Crippen molar-refractivity contribution in [2.75, 3.05) is 0 Å². The first-order valence-electron chi connectivity index (χ1n) is 12.6. The number of nitrogens with one attached hydrogen (secondary N) is 1. The molecule has 0 aliphatic heterocycles. The molecule has 1 heterocycles. The minimum absolute atomic E-state index is 0.0516. The van der Waals surface area contributed by atoms with Gasteiger partial charge in [0.15, 0.2) is 0 Å². The molecule has 198 valence electrons. The normalized spacial score (nSPS) is 11.9. The van der Waals surface area contributed by atoms with Crippen LogP contribution < -0.4 is 10.1 Å². The second-order valence-corrected chi connectivity index (χ2v) is 10.2. The van der Waals surface area contributed by atoms with Crippen LogP contribution in [0.25, 0.3) is 11.1 Å². The van der Waals surface area contributed by atoms with Gasteiger partial charge in [-0.1, -0.05) is 63.2 Å². The first-order valence-corrected chi connectivity index (χ1v) is 12.6. The van der Waals surface area contributed by atoms with Gasteiger partial charge < -0.3 is 15.2 Å². The molecule has 4 rings (SSSR count). The molecule has 7 heteroatoms. The van der Waals surface area contributed by atoms with Crippen LogP contribution in [0.15, 0.2) is 97.3 Å². The number of carboxylic acid groups (broad SMARTS) is 1. The summed E-state index contributed by atoms with van der Waals surface area (Å²) in [6.07, 6.45) is 3.52. The maximum absolute atomic E-state index is 12.7.